The topological polar surface area (TPSA) is 29.9 Å². The molecule has 0 aliphatic carbocycles. The number of hydrogen-bond donors (Lipinski definition) is 1. The predicted molar refractivity (Wildman–Crippen MR) is 81.0 cm³/mol. The molecule has 0 bridgehead atoms. The summed E-state index contributed by atoms with van der Waals surface area (Å²) in [7, 11) is 1.86. The summed E-state index contributed by atoms with van der Waals surface area (Å²) in [4.78, 5) is 0. The van der Waals surface area contributed by atoms with E-state index in [1.165, 1.54) is 12.1 Å². The van der Waals surface area contributed by atoms with Crippen LogP contribution in [-0.2, 0) is 13.5 Å². The Kier molecular flexibility index (Phi) is 4.55. The highest BCUT2D eigenvalue weighted by Crippen LogP contribution is 2.34. The zero-order chi connectivity index (χ0) is 14.9. The molecular formula is C14H16Cl2FN3. The Morgan fingerprint density at radius 2 is 2.10 bits per heavy atom. The molecule has 1 aromatic heterocycles. The zero-order valence-corrected chi connectivity index (χ0v) is 13.1. The summed E-state index contributed by atoms with van der Waals surface area (Å²) in [5, 5.41) is 8.14. The van der Waals surface area contributed by atoms with Gasteiger partial charge in [-0.05, 0) is 25.5 Å². The summed E-state index contributed by atoms with van der Waals surface area (Å²) >= 11 is 12.1. The van der Waals surface area contributed by atoms with Gasteiger partial charge in [0.25, 0.3) is 0 Å². The van der Waals surface area contributed by atoms with Gasteiger partial charge < -0.3 is 5.32 Å². The fraction of sp³-hybridized carbons (Fsp3) is 0.357. The van der Waals surface area contributed by atoms with Crippen molar-refractivity contribution in [1.82, 2.24) is 9.78 Å². The van der Waals surface area contributed by atoms with Crippen LogP contribution in [0.2, 0.25) is 10.0 Å². The van der Waals surface area contributed by atoms with Crippen LogP contribution in [0, 0.1) is 5.82 Å². The number of rotatable bonds is 4. The van der Waals surface area contributed by atoms with Crippen molar-refractivity contribution in [3.05, 3.63) is 45.4 Å². The van der Waals surface area contributed by atoms with Gasteiger partial charge in [-0.2, -0.15) is 5.10 Å². The number of anilines is 1. The number of benzene rings is 1. The number of aromatic nitrogens is 2. The van der Waals surface area contributed by atoms with Gasteiger partial charge in [-0.3, -0.25) is 4.68 Å². The van der Waals surface area contributed by atoms with Gasteiger partial charge in [-0.15, -0.1) is 0 Å². The molecule has 1 N–H and O–H groups in total. The Morgan fingerprint density at radius 1 is 1.40 bits per heavy atom. The molecule has 6 heteroatoms. The maximum Gasteiger partial charge on any atom is 0.142 e. The van der Waals surface area contributed by atoms with Crippen LogP contribution in [0.1, 0.15) is 31.1 Å². The normalized spacial score (nSPS) is 12.5. The Labute approximate surface area is 127 Å². The van der Waals surface area contributed by atoms with Crippen molar-refractivity contribution < 1.29 is 4.39 Å². The average molecular weight is 316 g/mol. The summed E-state index contributed by atoms with van der Waals surface area (Å²) in [6.07, 6.45) is 2.69. The van der Waals surface area contributed by atoms with E-state index >= 15 is 0 Å². The molecular weight excluding hydrogens is 300 g/mol. The maximum atomic E-state index is 13.6. The van der Waals surface area contributed by atoms with E-state index in [0.29, 0.717) is 10.6 Å². The lowest BCUT2D eigenvalue weighted by Gasteiger charge is -2.18. The average Bonchev–Trinajstić information content (AvgIpc) is 2.74. The van der Waals surface area contributed by atoms with Crippen LogP contribution in [0.25, 0.3) is 0 Å². The third-order valence-corrected chi connectivity index (χ3v) is 3.84. The van der Waals surface area contributed by atoms with Crippen LogP contribution in [0.15, 0.2) is 18.3 Å². The summed E-state index contributed by atoms with van der Waals surface area (Å²) in [5.74, 6) is -0.471. The minimum atomic E-state index is -0.471. The maximum absolute atomic E-state index is 13.6. The number of halogens is 3. The van der Waals surface area contributed by atoms with Crippen LogP contribution in [-0.4, -0.2) is 9.78 Å². The molecule has 108 valence electrons. The lowest BCUT2D eigenvalue weighted by atomic mass is 10.1. The fourth-order valence-electron chi connectivity index (χ4n) is 2.16. The monoisotopic (exact) mass is 315 g/mol. The van der Waals surface area contributed by atoms with E-state index < -0.39 is 5.82 Å². The first-order valence-electron chi connectivity index (χ1n) is 6.36. The molecule has 0 aliphatic heterocycles. The van der Waals surface area contributed by atoms with Gasteiger partial charge in [-0.1, -0.05) is 30.1 Å². The molecule has 3 nitrogen and oxygen atoms in total. The lowest BCUT2D eigenvalue weighted by Crippen LogP contribution is -2.09. The van der Waals surface area contributed by atoms with Gasteiger partial charge in [0.1, 0.15) is 5.82 Å². The summed E-state index contributed by atoms with van der Waals surface area (Å²) in [5.41, 5.74) is 2.40. The number of hydrogen-bond acceptors (Lipinski definition) is 2. The third kappa shape index (κ3) is 2.91. The van der Waals surface area contributed by atoms with E-state index in [-0.39, 0.29) is 11.1 Å². The largest absolute Gasteiger partial charge is 0.376 e. The van der Waals surface area contributed by atoms with Crippen LogP contribution in [0.3, 0.4) is 0 Å². The van der Waals surface area contributed by atoms with Crippen LogP contribution < -0.4 is 5.32 Å². The van der Waals surface area contributed by atoms with Crippen molar-refractivity contribution >= 4 is 28.9 Å². The van der Waals surface area contributed by atoms with Crippen molar-refractivity contribution in [3.8, 4) is 0 Å². The summed E-state index contributed by atoms with van der Waals surface area (Å²) in [6, 6.07) is 2.56. The van der Waals surface area contributed by atoms with Gasteiger partial charge >= 0.3 is 0 Å². The zero-order valence-electron chi connectivity index (χ0n) is 11.5. The van der Waals surface area contributed by atoms with E-state index in [1.54, 1.807) is 4.68 Å². The van der Waals surface area contributed by atoms with Crippen LogP contribution in [0.5, 0.6) is 0 Å². The smallest absolute Gasteiger partial charge is 0.142 e. The highest BCUT2D eigenvalue weighted by Gasteiger charge is 2.18. The molecule has 1 unspecified atom stereocenters. The molecule has 0 amide bonds. The summed E-state index contributed by atoms with van der Waals surface area (Å²) in [6.45, 7) is 3.92. The molecule has 20 heavy (non-hydrogen) atoms. The minimum Gasteiger partial charge on any atom is -0.376 e. The first-order valence-corrected chi connectivity index (χ1v) is 7.12. The van der Waals surface area contributed by atoms with Crippen molar-refractivity contribution in [2.75, 3.05) is 5.32 Å². The van der Waals surface area contributed by atoms with Gasteiger partial charge in [0.2, 0.25) is 0 Å². The molecule has 0 saturated carbocycles. The molecule has 1 aromatic carbocycles. The molecule has 2 rings (SSSR count). The standard InChI is InChI=1S/C14H16Cl2FN3/c1-4-11-12(7-20(3)19-11)18-8(2)13-9(15)5-6-10(17)14(13)16/h5-8,18H,4H2,1-3H3. The van der Waals surface area contributed by atoms with Gasteiger partial charge in [0, 0.05) is 23.8 Å². The van der Waals surface area contributed by atoms with E-state index in [2.05, 4.69) is 10.4 Å². The first-order chi connectivity index (χ1) is 9.43. The molecule has 0 aliphatic rings. The van der Waals surface area contributed by atoms with Gasteiger partial charge in [0.15, 0.2) is 0 Å². The van der Waals surface area contributed by atoms with Crippen molar-refractivity contribution in [1.29, 1.82) is 0 Å². The lowest BCUT2D eigenvalue weighted by molar-refractivity contribution is 0.624. The van der Waals surface area contributed by atoms with Gasteiger partial charge in [0.05, 0.1) is 22.4 Å². The Morgan fingerprint density at radius 3 is 2.75 bits per heavy atom. The predicted octanol–water partition coefficient (Wildman–Crippen LogP) is 4.60. The SMILES string of the molecule is CCc1nn(C)cc1NC(C)c1c(Cl)ccc(F)c1Cl. The fourth-order valence-corrected chi connectivity index (χ4v) is 2.86. The van der Waals surface area contributed by atoms with Crippen LogP contribution >= 0.6 is 23.2 Å². The second kappa shape index (κ2) is 6.02. The number of aryl methyl sites for hydroxylation is 2. The molecule has 0 radical (unpaired) electrons. The molecule has 2 aromatic rings. The van der Waals surface area contributed by atoms with Gasteiger partial charge in [-0.25, -0.2) is 4.39 Å². The Balaban J connectivity index is 2.33. The van der Waals surface area contributed by atoms with E-state index in [1.807, 2.05) is 27.1 Å². The Hall–Kier alpha value is -1.26. The number of nitrogens with one attached hydrogen (secondary N) is 1. The van der Waals surface area contributed by atoms with E-state index in [0.717, 1.165) is 17.8 Å². The molecule has 0 spiro atoms. The third-order valence-electron chi connectivity index (χ3n) is 3.12. The van der Waals surface area contributed by atoms with E-state index in [4.69, 9.17) is 23.2 Å². The summed E-state index contributed by atoms with van der Waals surface area (Å²) < 4.78 is 15.3. The van der Waals surface area contributed by atoms with Crippen molar-refractivity contribution in [3.63, 3.8) is 0 Å². The molecule has 1 atom stereocenters. The highest BCUT2D eigenvalue weighted by atomic mass is 35.5. The highest BCUT2D eigenvalue weighted by molar-refractivity contribution is 6.36. The minimum absolute atomic E-state index is 0.0550. The molecule has 1 heterocycles. The first kappa shape index (κ1) is 15.1. The quantitative estimate of drug-likeness (QED) is 0.835. The second-order valence-corrected chi connectivity index (χ2v) is 5.42. The van der Waals surface area contributed by atoms with Crippen LogP contribution in [0.4, 0.5) is 10.1 Å². The second-order valence-electron chi connectivity index (χ2n) is 4.64. The molecule has 0 saturated heterocycles. The van der Waals surface area contributed by atoms with Crippen molar-refractivity contribution in [2.45, 2.75) is 26.3 Å². The van der Waals surface area contributed by atoms with Crippen molar-refractivity contribution in [2.24, 2.45) is 7.05 Å². The molecule has 0 fully saturated rings. The number of nitrogens with zero attached hydrogens (tertiary/aromatic N) is 2. The Bertz CT molecular complexity index is 625. The van der Waals surface area contributed by atoms with E-state index in [9.17, 15) is 4.39 Å².